The van der Waals surface area contributed by atoms with Crippen molar-refractivity contribution < 1.29 is 4.79 Å². The van der Waals surface area contributed by atoms with E-state index in [-0.39, 0.29) is 10.7 Å². The van der Waals surface area contributed by atoms with Gasteiger partial charge in [-0.05, 0) is 19.3 Å². The highest BCUT2D eigenvalue weighted by atomic mass is 32.1. The Morgan fingerprint density at radius 3 is 2.90 bits per heavy atom. The number of thiol groups is 1. The van der Waals surface area contributed by atoms with Crippen molar-refractivity contribution in [3.05, 3.63) is 0 Å². The first-order valence-corrected chi connectivity index (χ1v) is 4.14. The molecule has 0 bridgehead atoms. The molecular formula is C7H13NOS. The lowest BCUT2D eigenvalue weighted by atomic mass is 9.95. The lowest BCUT2D eigenvalue weighted by Gasteiger charge is -2.30. The van der Waals surface area contributed by atoms with Crippen LogP contribution < -0.4 is 5.32 Å². The quantitative estimate of drug-likeness (QED) is 0.549. The maximum atomic E-state index is 11.2. The molecule has 1 aliphatic heterocycles. The van der Waals surface area contributed by atoms with E-state index in [4.69, 9.17) is 0 Å². The Balaban J connectivity index is 2.63. The van der Waals surface area contributed by atoms with Crippen molar-refractivity contribution in [1.29, 1.82) is 0 Å². The molecule has 1 amide bonds. The molecule has 10 heavy (non-hydrogen) atoms. The Hall–Kier alpha value is -0.180. The van der Waals surface area contributed by atoms with Crippen molar-refractivity contribution in [2.24, 2.45) is 0 Å². The molecule has 0 radical (unpaired) electrons. The fourth-order valence-corrected chi connectivity index (χ4v) is 1.44. The lowest BCUT2D eigenvalue weighted by molar-refractivity contribution is -0.124. The summed E-state index contributed by atoms with van der Waals surface area (Å²) in [5.74, 6) is 0.101. The third-order valence-corrected chi connectivity index (χ3v) is 2.80. The molecule has 3 heteroatoms. The standard InChI is InChI=1S/C7H13NOS/c1-2-7(10)4-3-5-8-6(7)9/h10H,2-5H2,1H3,(H,8,9). The highest BCUT2D eigenvalue weighted by Gasteiger charge is 2.34. The van der Waals surface area contributed by atoms with Crippen LogP contribution in [0.3, 0.4) is 0 Å². The monoisotopic (exact) mass is 159 g/mol. The molecule has 0 aromatic heterocycles. The van der Waals surface area contributed by atoms with Crippen LogP contribution in [0, 0.1) is 0 Å². The van der Waals surface area contributed by atoms with Gasteiger partial charge in [0.2, 0.25) is 5.91 Å². The Morgan fingerprint density at radius 2 is 2.50 bits per heavy atom. The zero-order valence-corrected chi connectivity index (χ0v) is 7.08. The summed E-state index contributed by atoms with van der Waals surface area (Å²) >= 11 is 4.33. The van der Waals surface area contributed by atoms with Gasteiger partial charge in [-0.3, -0.25) is 4.79 Å². The summed E-state index contributed by atoms with van der Waals surface area (Å²) in [6.07, 6.45) is 2.80. The Morgan fingerprint density at radius 1 is 1.80 bits per heavy atom. The van der Waals surface area contributed by atoms with E-state index in [0.29, 0.717) is 0 Å². The molecule has 1 fully saturated rings. The van der Waals surface area contributed by atoms with Gasteiger partial charge in [0.1, 0.15) is 0 Å². The number of carbonyl (C=O) groups excluding carboxylic acids is 1. The van der Waals surface area contributed by atoms with E-state index in [2.05, 4.69) is 17.9 Å². The van der Waals surface area contributed by atoms with Crippen LogP contribution in [0.25, 0.3) is 0 Å². The molecule has 1 N–H and O–H groups in total. The molecule has 0 spiro atoms. The van der Waals surface area contributed by atoms with E-state index in [0.717, 1.165) is 25.8 Å². The maximum absolute atomic E-state index is 11.2. The van der Waals surface area contributed by atoms with Gasteiger partial charge in [-0.2, -0.15) is 12.6 Å². The zero-order chi connectivity index (χ0) is 7.61. The van der Waals surface area contributed by atoms with Crippen LogP contribution in [0.15, 0.2) is 0 Å². The van der Waals surface area contributed by atoms with E-state index < -0.39 is 0 Å². The van der Waals surface area contributed by atoms with Gasteiger partial charge < -0.3 is 5.32 Å². The van der Waals surface area contributed by atoms with Gasteiger partial charge >= 0.3 is 0 Å². The molecule has 0 saturated carbocycles. The number of rotatable bonds is 1. The number of carbonyl (C=O) groups is 1. The molecule has 0 aliphatic carbocycles. The largest absolute Gasteiger partial charge is 0.355 e. The van der Waals surface area contributed by atoms with E-state index in [1.807, 2.05) is 6.92 Å². The van der Waals surface area contributed by atoms with Gasteiger partial charge in [0.05, 0.1) is 4.75 Å². The fraction of sp³-hybridized carbons (Fsp3) is 0.857. The van der Waals surface area contributed by atoms with Crippen molar-refractivity contribution >= 4 is 18.5 Å². The number of piperidine rings is 1. The Kier molecular flexibility index (Phi) is 2.24. The summed E-state index contributed by atoms with van der Waals surface area (Å²) in [7, 11) is 0. The van der Waals surface area contributed by atoms with Crippen molar-refractivity contribution in [3.63, 3.8) is 0 Å². The highest BCUT2D eigenvalue weighted by Crippen LogP contribution is 2.27. The summed E-state index contributed by atoms with van der Waals surface area (Å²) in [5.41, 5.74) is 0. The Labute approximate surface area is 66.8 Å². The predicted octanol–water partition coefficient (Wildman–Crippen LogP) is 0.975. The second-order valence-corrected chi connectivity index (χ2v) is 3.60. The molecule has 0 aromatic carbocycles. The van der Waals surface area contributed by atoms with Crippen molar-refractivity contribution in [1.82, 2.24) is 5.32 Å². The van der Waals surface area contributed by atoms with Crippen molar-refractivity contribution in [2.75, 3.05) is 6.54 Å². The third-order valence-electron chi connectivity index (χ3n) is 2.06. The van der Waals surface area contributed by atoms with E-state index in [9.17, 15) is 4.79 Å². The Bertz CT molecular complexity index is 149. The molecule has 1 unspecified atom stereocenters. The van der Waals surface area contributed by atoms with Crippen LogP contribution >= 0.6 is 12.6 Å². The van der Waals surface area contributed by atoms with Gasteiger partial charge in [-0.15, -0.1) is 0 Å². The summed E-state index contributed by atoms with van der Waals surface area (Å²) in [4.78, 5) is 11.2. The smallest absolute Gasteiger partial charge is 0.235 e. The van der Waals surface area contributed by atoms with Gasteiger partial charge in [0.15, 0.2) is 0 Å². The van der Waals surface area contributed by atoms with Gasteiger partial charge in [0, 0.05) is 6.54 Å². The highest BCUT2D eigenvalue weighted by molar-refractivity contribution is 7.82. The summed E-state index contributed by atoms with van der Waals surface area (Å²) < 4.78 is -0.377. The van der Waals surface area contributed by atoms with Crippen molar-refractivity contribution in [3.8, 4) is 0 Å². The molecule has 1 atom stereocenters. The lowest BCUT2D eigenvalue weighted by Crippen LogP contribution is -2.47. The topological polar surface area (TPSA) is 29.1 Å². The fourth-order valence-electron chi connectivity index (χ4n) is 1.20. The van der Waals surface area contributed by atoms with E-state index in [1.165, 1.54) is 0 Å². The van der Waals surface area contributed by atoms with Gasteiger partial charge in [0.25, 0.3) is 0 Å². The number of hydrogen-bond acceptors (Lipinski definition) is 2. The minimum atomic E-state index is -0.377. The second kappa shape index (κ2) is 2.82. The maximum Gasteiger partial charge on any atom is 0.235 e. The predicted molar refractivity (Wildman–Crippen MR) is 44.3 cm³/mol. The number of nitrogens with one attached hydrogen (secondary N) is 1. The average molecular weight is 159 g/mol. The SMILES string of the molecule is CCC1(S)CCCNC1=O. The van der Waals surface area contributed by atoms with E-state index in [1.54, 1.807) is 0 Å². The molecule has 58 valence electrons. The second-order valence-electron chi connectivity index (χ2n) is 2.74. The first-order chi connectivity index (χ1) is 4.69. The first-order valence-electron chi connectivity index (χ1n) is 3.70. The normalized spacial score (nSPS) is 33.6. The third kappa shape index (κ3) is 1.29. The minimum Gasteiger partial charge on any atom is -0.355 e. The minimum absolute atomic E-state index is 0.101. The van der Waals surface area contributed by atoms with Crippen LogP contribution in [0.5, 0.6) is 0 Å². The van der Waals surface area contributed by atoms with Crippen LogP contribution in [0.2, 0.25) is 0 Å². The van der Waals surface area contributed by atoms with Gasteiger partial charge in [-0.1, -0.05) is 6.92 Å². The number of hydrogen-bond donors (Lipinski definition) is 2. The average Bonchev–Trinajstić information content (AvgIpc) is 1.96. The molecule has 1 aliphatic rings. The summed E-state index contributed by atoms with van der Waals surface area (Å²) in [6.45, 7) is 2.82. The first kappa shape index (κ1) is 7.92. The van der Waals surface area contributed by atoms with Crippen LogP contribution in [0.1, 0.15) is 26.2 Å². The van der Waals surface area contributed by atoms with Crippen molar-refractivity contribution in [2.45, 2.75) is 30.9 Å². The summed E-state index contributed by atoms with van der Waals surface area (Å²) in [5, 5.41) is 2.81. The van der Waals surface area contributed by atoms with Crippen LogP contribution in [0.4, 0.5) is 0 Å². The molecule has 1 saturated heterocycles. The molecule has 1 heterocycles. The van der Waals surface area contributed by atoms with Crippen LogP contribution in [-0.2, 0) is 4.79 Å². The molecule has 0 aromatic rings. The zero-order valence-electron chi connectivity index (χ0n) is 6.18. The molecular weight excluding hydrogens is 146 g/mol. The van der Waals surface area contributed by atoms with Crippen LogP contribution in [-0.4, -0.2) is 17.2 Å². The molecule has 2 nitrogen and oxygen atoms in total. The molecule has 1 rings (SSSR count). The van der Waals surface area contributed by atoms with Gasteiger partial charge in [-0.25, -0.2) is 0 Å². The van der Waals surface area contributed by atoms with E-state index >= 15 is 0 Å². The summed E-state index contributed by atoms with van der Waals surface area (Å²) in [6, 6.07) is 0. The number of amides is 1.